The molecule has 1 aromatic carbocycles. The number of carboxylic acids is 1. The molecule has 0 aromatic heterocycles. The topological polar surface area (TPSA) is 74.7 Å². The molecule has 0 spiro atoms. The Morgan fingerprint density at radius 1 is 1.32 bits per heavy atom. The quantitative estimate of drug-likeness (QED) is 0.887. The summed E-state index contributed by atoms with van der Waals surface area (Å²) in [6.07, 6.45) is 1.24. The van der Waals surface area contributed by atoms with Gasteiger partial charge in [-0.05, 0) is 18.4 Å². The van der Waals surface area contributed by atoms with E-state index in [-0.39, 0.29) is 12.2 Å². The van der Waals surface area contributed by atoms with Crippen LogP contribution in [0.3, 0.4) is 0 Å². The van der Waals surface area contributed by atoms with Gasteiger partial charge in [0.2, 0.25) is 10.0 Å². The second-order valence-electron chi connectivity index (χ2n) is 4.75. The largest absolute Gasteiger partial charge is 0.481 e. The number of hydrogen-bond acceptors (Lipinski definition) is 3. The first-order valence-electron chi connectivity index (χ1n) is 6.24. The average Bonchev–Trinajstić information content (AvgIpc) is 2.77. The first-order chi connectivity index (χ1) is 8.99. The van der Waals surface area contributed by atoms with E-state index >= 15 is 0 Å². The van der Waals surface area contributed by atoms with E-state index < -0.39 is 22.0 Å². The maximum absolute atomic E-state index is 12.3. The van der Waals surface area contributed by atoms with Crippen molar-refractivity contribution in [2.45, 2.75) is 31.1 Å². The Morgan fingerprint density at radius 2 is 2.00 bits per heavy atom. The average molecular weight is 283 g/mol. The van der Waals surface area contributed by atoms with Gasteiger partial charge in [0.15, 0.2) is 0 Å². The highest BCUT2D eigenvalue weighted by molar-refractivity contribution is 7.88. The number of rotatable bonds is 5. The third kappa shape index (κ3) is 3.54. The molecule has 2 rings (SSSR count). The summed E-state index contributed by atoms with van der Waals surface area (Å²) >= 11 is 0. The highest BCUT2D eigenvalue weighted by Crippen LogP contribution is 2.25. The Kier molecular flexibility index (Phi) is 4.21. The number of hydrogen-bond donors (Lipinski definition) is 1. The van der Waals surface area contributed by atoms with E-state index in [0.29, 0.717) is 13.0 Å². The lowest BCUT2D eigenvalue weighted by Gasteiger charge is -2.22. The van der Waals surface area contributed by atoms with Crippen LogP contribution in [-0.4, -0.2) is 36.4 Å². The van der Waals surface area contributed by atoms with Gasteiger partial charge in [-0.2, -0.15) is 4.31 Å². The molecular weight excluding hydrogens is 266 g/mol. The molecule has 1 saturated heterocycles. The minimum Gasteiger partial charge on any atom is -0.481 e. The molecule has 1 aromatic rings. The molecule has 104 valence electrons. The van der Waals surface area contributed by atoms with Crippen molar-refractivity contribution in [2.24, 2.45) is 0 Å². The van der Waals surface area contributed by atoms with Gasteiger partial charge in [0, 0.05) is 12.6 Å². The van der Waals surface area contributed by atoms with Crippen LogP contribution in [0.25, 0.3) is 0 Å². The maximum Gasteiger partial charge on any atom is 0.304 e. The van der Waals surface area contributed by atoms with Crippen LogP contribution in [0.4, 0.5) is 0 Å². The number of carbonyl (C=O) groups is 1. The zero-order valence-electron chi connectivity index (χ0n) is 10.5. The first-order valence-corrected chi connectivity index (χ1v) is 7.85. The molecule has 0 aliphatic carbocycles. The van der Waals surface area contributed by atoms with E-state index in [1.807, 2.05) is 6.07 Å². The van der Waals surface area contributed by atoms with Crippen molar-refractivity contribution in [2.75, 3.05) is 6.54 Å². The van der Waals surface area contributed by atoms with Crippen LogP contribution in [0, 0.1) is 0 Å². The SMILES string of the molecule is O=C(O)CC1CCCN1S(=O)(=O)Cc1ccccc1. The van der Waals surface area contributed by atoms with E-state index in [9.17, 15) is 13.2 Å². The van der Waals surface area contributed by atoms with Crippen molar-refractivity contribution < 1.29 is 18.3 Å². The van der Waals surface area contributed by atoms with E-state index in [1.165, 1.54) is 4.31 Å². The molecule has 0 radical (unpaired) electrons. The zero-order chi connectivity index (χ0) is 13.9. The normalized spacial score (nSPS) is 20.5. The molecule has 1 N–H and O–H groups in total. The van der Waals surface area contributed by atoms with E-state index in [2.05, 4.69) is 0 Å². The second-order valence-corrected chi connectivity index (χ2v) is 6.67. The minimum atomic E-state index is -3.44. The summed E-state index contributed by atoms with van der Waals surface area (Å²) in [6, 6.07) is 8.55. The molecule has 0 bridgehead atoms. The van der Waals surface area contributed by atoms with Gasteiger partial charge in [-0.15, -0.1) is 0 Å². The molecule has 1 heterocycles. The first kappa shape index (κ1) is 14.0. The van der Waals surface area contributed by atoms with Crippen molar-refractivity contribution in [1.29, 1.82) is 0 Å². The number of benzene rings is 1. The summed E-state index contributed by atoms with van der Waals surface area (Å²) in [7, 11) is -3.44. The van der Waals surface area contributed by atoms with Gasteiger partial charge < -0.3 is 5.11 Å². The maximum atomic E-state index is 12.3. The third-order valence-electron chi connectivity index (χ3n) is 3.28. The lowest BCUT2D eigenvalue weighted by molar-refractivity contribution is -0.137. The molecular formula is C13H17NO4S. The molecule has 6 heteroatoms. The summed E-state index contributed by atoms with van der Waals surface area (Å²) in [5, 5.41) is 8.83. The summed E-state index contributed by atoms with van der Waals surface area (Å²) in [5.41, 5.74) is 0.725. The predicted octanol–water partition coefficient (Wildman–Crippen LogP) is 1.46. The van der Waals surface area contributed by atoms with Gasteiger partial charge in [0.25, 0.3) is 0 Å². The van der Waals surface area contributed by atoms with Crippen molar-refractivity contribution in [1.82, 2.24) is 4.31 Å². The fourth-order valence-electron chi connectivity index (χ4n) is 2.45. The Bertz CT molecular complexity index is 541. The summed E-state index contributed by atoms with van der Waals surface area (Å²) in [5.74, 6) is -1.02. The van der Waals surface area contributed by atoms with Crippen LogP contribution in [0.15, 0.2) is 30.3 Å². The smallest absolute Gasteiger partial charge is 0.304 e. The Morgan fingerprint density at radius 3 is 2.63 bits per heavy atom. The molecule has 1 unspecified atom stereocenters. The second kappa shape index (κ2) is 5.71. The number of nitrogens with zero attached hydrogens (tertiary/aromatic N) is 1. The lowest BCUT2D eigenvalue weighted by Crippen LogP contribution is -2.37. The van der Waals surface area contributed by atoms with Gasteiger partial charge >= 0.3 is 5.97 Å². The summed E-state index contributed by atoms with van der Waals surface area (Å²) < 4.78 is 26.0. The van der Waals surface area contributed by atoms with Crippen molar-refractivity contribution in [3.05, 3.63) is 35.9 Å². The highest BCUT2D eigenvalue weighted by atomic mass is 32.2. The highest BCUT2D eigenvalue weighted by Gasteiger charge is 2.35. The van der Waals surface area contributed by atoms with Gasteiger partial charge in [0.05, 0.1) is 12.2 Å². The van der Waals surface area contributed by atoms with Crippen molar-refractivity contribution in [3.63, 3.8) is 0 Å². The molecule has 0 amide bonds. The fourth-order valence-corrected chi connectivity index (χ4v) is 4.27. The van der Waals surface area contributed by atoms with Crippen LogP contribution in [0.1, 0.15) is 24.8 Å². The molecule has 1 aliphatic heterocycles. The van der Waals surface area contributed by atoms with Gasteiger partial charge in [-0.1, -0.05) is 30.3 Å². The van der Waals surface area contributed by atoms with E-state index in [0.717, 1.165) is 12.0 Å². The Labute approximate surface area is 112 Å². The lowest BCUT2D eigenvalue weighted by atomic mass is 10.2. The van der Waals surface area contributed by atoms with Gasteiger partial charge in [0.1, 0.15) is 0 Å². The van der Waals surface area contributed by atoms with E-state index in [4.69, 9.17) is 5.11 Å². The number of sulfonamides is 1. The molecule has 0 saturated carbocycles. The van der Waals surface area contributed by atoms with Gasteiger partial charge in [-0.3, -0.25) is 4.79 Å². The predicted molar refractivity (Wildman–Crippen MR) is 71.0 cm³/mol. The van der Waals surface area contributed by atoms with Gasteiger partial charge in [-0.25, -0.2) is 8.42 Å². The van der Waals surface area contributed by atoms with Crippen molar-refractivity contribution in [3.8, 4) is 0 Å². The molecule has 19 heavy (non-hydrogen) atoms. The third-order valence-corrected chi connectivity index (χ3v) is 5.18. The summed E-state index contributed by atoms with van der Waals surface area (Å²) in [4.78, 5) is 10.8. The molecule has 1 fully saturated rings. The summed E-state index contributed by atoms with van der Waals surface area (Å²) in [6.45, 7) is 0.424. The molecule has 5 nitrogen and oxygen atoms in total. The van der Waals surface area contributed by atoms with Crippen LogP contribution < -0.4 is 0 Å². The van der Waals surface area contributed by atoms with E-state index in [1.54, 1.807) is 24.3 Å². The standard InChI is InChI=1S/C13H17NO4S/c15-13(16)9-12-7-4-8-14(12)19(17,18)10-11-5-2-1-3-6-11/h1-3,5-6,12H,4,7-10H2,(H,15,16). The Hall–Kier alpha value is -1.40. The van der Waals surface area contributed by atoms with Crippen LogP contribution in [-0.2, 0) is 20.6 Å². The van der Waals surface area contributed by atoms with Crippen LogP contribution in [0.2, 0.25) is 0 Å². The Balaban J connectivity index is 2.12. The minimum absolute atomic E-state index is 0.0655. The number of carboxylic acid groups (broad SMARTS) is 1. The van der Waals surface area contributed by atoms with Crippen LogP contribution in [0.5, 0.6) is 0 Å². The molecule has 1 atom stereocenters. The number of aliphatic carboxylic acids is 1. The monoisotopic (exact) mass is 283 g/mol. The fraction of sp³-hybridized carbons (Fsp3) is 0.462. The van der Waals surface area contributed by atoms with Crippen molar-refractivity contribution >= 4 is 16.0 Å². The molecule has 1 aliphatic rings. The van der Waals surface area contributed by atoms with Crippen LogP contribution >= 0.6 is 0 Å². The zero-order valence-corrected chi connectivity index (χ0v) is 11.3.